The Morgan fingerprint density at radius 1 is 0.811 bits per heavy atom. The maximum atomic E-state index is 13.5. The van der Waals surface area contributed by atoms with Gasteiger partial charge in [-0.1, -0.05) is 18.2 Å². The predicted octanol–water partition coefficient (Wildman–Crippen LogP) is 5.31. The number of halogens is 3. The Morgan fingerprint density at radius 2 is 1.41 bits per heavy atom. The van der Waals surface area contributed by atoms with Gasteiger partial charge in [0, 0.05) is 37.4 Å². The molecule has 1 N–H and O–H groups in total. The minimum Gasteiger partial charge on any atom is -0.493 e. The molecule has 0 bridgehead atoms. The molecule has 1 saturated heterocycles. The second-order valence-corrected chi connectivity index (χ2v) is 8.41. The number of anilines is 3. The molecule has 0 atom stereocenters. The van der Waals surface area contributed by atoms with Gasteiger partial charge in [0.05, 0.1) is 38.3 Å². The molecule has 0 unspecified atom stereocenters. The molecule has 0 saturated carbocycles. The van der Waals surface area contributed by atoms with Gasteiger partial charge >= 0.3 is 6.18 Å². The molecule has 1 fully saturated rings. The van der Waals surface area contributed by atoms with Crippen LogP contribution in [-0.2, 0) is 6.18 Å². The Balaban J connectivity index is 1.62. The highest BCUT2D eigenvalue weighted by Crippen LogP contribution is 2.39. The average molecular weight is 516 g/mol. The van der Waals surface area contributed by atoms with Crippen LogP contribution < -0.4 is 29.3 Å². The Labute approximate surface area is 213 Å². The van der Waals surface area contributed by atoms with Crippen LogP contribution in [0.25, 0.3) is 0 Å². The first-order chi connectivity index (χ1) is 17.7. The summed E-state index contributed by atoms with van der Waals surface area (Å²) in [5.41, 5.74) is 0.972. The van der Waals surface area contributed by atoms with Crippen LogP contribution in [0.5, 0.6) is 17.2 Å². The highest BCUT2D eigenvalue weighted by atomic mass is 19.4. The molecule has 1 aliphatic heterocycles. The second-order valence-electron chi connectivity index (χ2n) is 8.41. The minimum absolute atomic E-state index is 0.0711. The van der Waals surface area contributed by atoms with Gasteiger partial charge < -0.3 is 29.3 Å². The van der Waals surface area contributed by atoms with Gasteiger partial charge in [0.25, 0.3) is 5.91 Å². The summed E-state index contributed by atoms with van der Waals surface area (Å²) in [4.78, 5) is 17.4. The largest absolute Gasteiger partial charge is 0.493 e. The molecule has 0 radical (unpaired) electrons. The first-order valence-electron chi connectivity index (χ1n) is 11.6. The first-order valence-corrected chi connectivity index (χ1v) is 11.6. The lowest BCUT2D eigenvalue weighted by Crippen LogP contribution is -2.46. The van der Waals surface area contributed by atoms with Crippen LogP contribution >= 0.6 is 0 Å². The second kappa shape index (κ2) is 10.9. The zero-order valence-corrected chi connectivity index (χ0v) is 20.8. The van der Waals surface area contributed by atoms with E-state index in [9.17, 15) is 18.0 Å². The van der Waals surface area contributed by atoms with Gasteiger partial charge in [0.2, 0.25) is 5.75 Å². The molecular formula is C27H28F3N3O4. The zero-order chi connectivity index (χ0) is 26.6. The van der Waals surface area contributed by atoms with Gasteiger partial charge in [-0.05, 0) is 42.5 Å². The standard InChI is InChI=1S/C27H28F3N3O4/c1-35-23-15-18(16-24(36-2)25(23)37-3)26(34)31-21-17-19(27(28,29)30)9-10-22(21)33-13-11-32(12-14-33)20-7-5-4-6-8-20/h4-10,15-17H,11-14H2,1-3H3,(H,31,34). The van der Waals surface area contributed by atoms with Crippen molar-refractivity contribution in [3.63, 3.8) is 0 Å². The fourth-order valence-electron chi connectivity index (χ4n) is 4.34. The average Bonchev–Trinajstić information content (AvgIpc) is 2.92. The van der Waals surface area contributed by atoms with Crippen molar-refractivity contribution >= 4 is 23.0 Å². The van der Waals surface area contributed by atoms with Crippen molar-refractivity contribution < 1.29 is 32.2 Å². The number of ether oxygens (including phenoxy) is 3. The van der Waals surface area contributed by atoms with Gasteiger partial charge in [0.1, 0.15) is 0 Å². The molecule has 0 spiro atoms. The molecular weight excluding hydrogens is 487 g/mol. The van der Waals surface area contributed by atoms with Crippen LogP contribution in [-0.4, -0.2) is 53.4 Å². The normalized spacial score (nSPS) is 13.8. The van der Waals surface area contributed by atoms with E-state index < -0.39 is 17.6 Å². The molecule has 7 nitrogen and oxygen atoms in total. The number of nitrogens with one attached hydrogen (secondary N) is 1. The highest BCUT2D eigenvalue weighted by molar-refractivity contribution is 6.06. The quantitative estimate of drug-likeness (QED) is 0.460. The number of carbonyl (C=O) groups excluding carboxylic acids is 1. The molecule has 4 rings (SSSR count). The number of piperazine rings is 1. The van der Waals surface area contributed by atoms with Crippen LogP contribution in [0.3, 0.4) is 0 Å². The Morgan fingerprint density at radius 3 is 1.95 bits per heavy atom. The summed E-state index contributed by atoms with van der Waals surface area (Å²) in [6.45, 7) is 2.53. The van der Waals surface area contributed by atoms with Crippen LogP contribution in [0.4, 0.5) is 30.2 Å². The summed E-state index contributed by atoms with van der Waals surface area (Å²) in [5.74, 6) is 0.210. The maximum Gasteiger partial charge on any atom is 0.416 e. The lowest BCUT2D eigenvalue weighted by atomic mass is 10.1. The van der Waals surface area contributed by atoms with Crippen molar-refractivity contribution in [3.8, 4) is 17.2 Å². The van der Waals surface area contributed by atoms with Gasteiger partial charge in [-0.15, -0.1) is 0 Å². The summed E-state index contributed by atoms with van der Waals surface area (Å²) >= 11 is 0. The molecule has 37 heavy (non-hydrogen) atoms. The number of para-hydroxylation sites is 1. The molecule has 10 heteroatoms. The predicted molar refractivity (Wildman–Crippen MR) is 136 cm³/mol. The van der Waals surface area contributed by atoms with E-state index in [0.29, 0.717) is 37.6 Å². The number of carbonyl (C=O) groups is 1. The van der Waals surface area contributed by atoms with E-state index >= 15 is 0 Å². The number of methoxy groups -OCH3 is 3. The monoisotopic (exact) mass is 515 g/mol. The molecule has 0 aliphatic carbocycles. The van der Waals surface area contributed by atoms with Crippen molar-refractivity contribution in [3.05, 3.63) is 71.8 Å². The molecule has 3 aromatic carbocycles. The number of amides is 1. The van der Waals surface area contributed by atoms with Crippen LogP contribution in [0.15, 0.2) is 60.7 Å². The lowest BCUT2D eigenvalue weighted by Gasteiger charge is -2.38. The number of nitrogens with zero attached hydrogens (tertiary/aromatic N) is 2. The number of benzene rings is 3. The maximum absolute atomic E-state index is 13.5. The number of rotatable bonds is 7. The third kappa shape index (κ3) is 5.68. The summed E-state index contributed by atoms with van der Waals surface area (Å²) < 4.78 is 56.5. The van der Waals surface area contributed by atoms with Crippen LogP contribution in [0.1, 0.15) is 15.9 Å². The van der Waals surface area contributed by atoms with E-state index in [2.05, 4.69) is 10.2 Å². The lowest BCUT2D eigenvalue weighted by molar-refractivity contribution is -0.137. The van der Waals surface area contributed by atoms with E-state index in [1.165, 1.54) is 39.5 Å². The van der Waals surface area contributed by atoms with Gasteiger partial charge in [0.15, 0.2) is 11.5 Å². The van der Waals surface area contributed by atoms with Crippen molar-refractivity contribution in [1.82, 2.24) is 0 Å². The van der Waals surface area contributed by atoms with Crippen molar-refractivity contribution in [2.75, 3.05) is 62.6 Å². The van der Waals surface area contributed by atoms with Crippen LogP contribution in [0, 0.1) is 0 Å². The summed E-state index contributed by atoms with van der Waals surface area (Å²) in [5, 5.41) is 2.67. The molecule has 1 amide bonds. The summed E-state index contributed by atoms with van der Waals surface area (Å²) in [7, 11) is 4.27. The third-order valence-electron chi connectivity index (χ3n) is 6.24. The molecule has 1 aliphatic rings. The smallest absolute Gasteiger partial charge is 0.416 e. The van der Waals surface area contributed by atoms with E-state index in [1.54, 1.807) is 0 Å². The van der Waals surface area contributed by atoms with E-state index in [-0.39, 0.29) is 22.7 Å². The van der Waals surface area contributed by atoms with Crippen LogP contribution in [0.2, 0.25) is 0 Å². The Hall–Kier alpha value is -4.08. The molecule has 196 valence electrons. The molecule has 3 aromatic rings. The highest BCUT2D eigenvalue weighted by Gasteiger charge is 2.32. The number of hydrogen-bond acceptors (Lipinski definition) is 6. The fraction of sp³-hybridized carbons (Fsp3) is 0.296. The summed E-state index contributed by atoms with van der Waals surface area (Å²) in [6, 6.07) is 16.2. The SMILES string of the molecule is COc1cc(C(=O)Nc2cc(C(F)(F)F)ccc2N2CCN(c3ccccc3)CC2)cc(OC)c1OC. The van der Waals surface area contributed by atoms with Gasteiger partial charge in [-0.25, -0.2) is 0 Å². The zero-order valence-electron chi connectivity index (χ0n) is 20.8. The Bertz CT molecular complexity index is 1220. The number of alkyl halides is 3. The van der Waals surface area contributed by atoms with Crippen molar-refractivity contribution in [2.24, 2.45) is 0 Å². The van der Waals surface area contributed by atoms with E-state index in [1.807, 2.05) is 35.2 Å². The fourth-order valence-corrected chi connectivity index (χ4v) is 4.34. The Kier molecular flexibility index (Phi) is 7.66. The third-order valence-corrected chi connectivity index (χ3v) is 6.24. The van der Waals surface area contributed by atoms with Crippen molar-refractivity contribution in [2.45, 2.75) is 6.18 Å². The molecule has 0 aromatic heterocycles. The van der Waals surface area contributed by atoms with Gasteiger partial charge in [-0.3, -0.25) is 4.79 Å². The summed E-state index contributed by atoms with van der Waals surface area (Å²) in [6.07, 6.45) is -4.56. The van der Waals surface area contributed by atoms with E-state index in [0.717, 1.165) is 17.8 Å². The van der Waals surface area contributed by atoms with E-state index in [4.69, 9.17) is 14.2 Å². The topological polar surface area (TPSA) is 63.3 Å². The van der Waals surface area contributed by atoms with Crippen molar-refractivity contribution in [1.29, 1.82) is 0 Å². The first kappa shape index (κ1) is 26.0. The molecule has 1 heterocycles. The number of hydrogen-bond donors (Lipinski definition) is 1. The van der Waals surface area contributed by atoms with Gasteiger partial charge in [-0.2, -0.15) is 13.2 Å². The minimum atomic E-state index is -4.56.